The van der Waals surface area contributed by atoms with Crippen LogP contribution in [0.5, 0.6) is 5.75 Å². The Balaban J connectivity index is 1.27. The zero-order chi connectivity index (χ0) is 28.5. The number of piperidine rings is 1. The summed E-state index contributed by atoms with van der Waals surface area (Å²) in [4.78, 5) is 43.1. The van der Waals surface area contributed by atoms with Crippen molar-refractivity contribution in [1.82, 2.24) is 25.5 Å². The number of aliphatic imine (C=N–C) groups is 2. The Morgan fingerprint density at radius 2 is 1.93 bits per heavy atom. The Morgan fingerprint density at radius 3 is 2.60 bits per heavy atom. The fourth-order valence-electron chi connectivity index (χ4n) is 4.32. The van der Waals surface area contributed by atoms with Gasteiger partial charge in [0.2, 0.25) is 11.7 Å². The smallest absolute Gasteiger partial charge is 0.302 e. The number of carbonyl (C=O) groups excluding carboxylic acids is 2. The molecule has 3 heterocycles. The Labute approximate surface area is 235 Å². The third-order valence-corrected chi connectivity index (χ3v) is 6.81. The van der Waals surface area contributed by atoms with Gasteiger partial charge in [-0.05, 0) is 37.3 Å². The molecule has 2 aliphatic rings. The van der Waals surface area contributed by atoms with Crippen LogP contribution in [0.1, 0.15) is 28.9 Å². The van der Waals surface area contributed by atoms with Crippen molar-refractivity contribution in [3.63, 3.8) is 0 Å². The van der Waals surface area contributed by atoms with E-state index in [0.29, 0.717) is 63.8 Å². The van der Waals surface area contributed by atoms with E-state index in [9.17, 15) is 9.59 Å². The highest BCUT2D eigenvalue weighted by Crippen LogP contribution is 2.27. The highest BCUT2D eigenvalue weighted by atomic mass is 35.5. The molecule has 0 radical (unpaired) electrons. The summed E-state index contributed by atoms with van der Waals surface area (Å²) in [6.07, 6.45) is 1.65. The molecule has 2 aromatic rings. The molecule has 0 saturated carbocycles. The molecule has 2 fully saturated rings. The van der Waals surface area contributed by atoms with Crippen LogP contribution in [-0.2, 0) is 20.7 Å². The molecule has 2 aliphatic heterocycles. The van der Waals surface area contributed by atoms with Gasteiger partial charge in [-0.1, -0.05) is 23.7 Å². The highest BCUT2D eigenvalue weighted by Gasteiger charge is 2.40. The molecule has 1 spiro atoms. The average molecular weight is 572 g/mol. The standard InChI is InChI=1S/C25H30ClN9O5/c1-28-21-19(30-20(26)22(31-21)34-27)23(37)32-24-29-14-25(33-24)7-9-35(10-8-25)18(36)13-16-3-5-17(6-4-16)40-15-39-12-11-38-2/h3-6,27H,1,7-15H2,2H3,(H2,29,32,33,37). The first-order chi connectivity index (χ1) is 19.4. The number of guanidine groups is 1. The zero-order valence-electron chi connectivity index (χ0n) is 22.0. The van der Waals surface area contributed by atoms with E-state index in [4.69, 9.17) is 31.3 Å². The summed E-state index contributed by atoms with van der Waals surface area (Å²) in [5.41, 5.74) is 7.44. The van der Waals surface area contributed by atoms with Crippen molar-refractivity contribution in [2.45, 2.75) is 24.8 Å². The largest absolute Gasteiger partial charge is 0.468 e. The van der Waals surface area contributed by atoms with E-state index in [-0.39, 0.29) is 40.7 Å². The second-order valence-electron chi connectivity index (χ2n) is 9.17. The first-order valence-electron chi connectivity index (χ1n) is 12.5. The maximum atomic E-state index is 12.9. The van der Waals surface area contributed by atoms with Crippen molar-refractivity contribution in [2.75, 3.05) is 46.8 Å². The maximum Gasteiger partial charge on any atom is 0.302 e. The summed E-state index contributed by atoms with van der Waals surface area (Å²) in [6, 6.07) is 7.37. The number of halogens is 1. The molecular formula is C25H30ClN9O5. The molecular weight excluding hydrogens is 542 g/mol. The van der Waals surface area contributed by atoms with Gasteiger partial charge in [0.15, 0.2) is 29.4 Å². The second kappa shape index (κ2) is 13.4. The number of carbonyl (C=O) groups is 2. The molecule has 15 heteroatoms. The number of hydrogen-bond acceptors (Lipinski definition) is 10. The van der Waals surface area contributed by atoms with Crippen LogP contribution >= 0.6 is 11.6 Å². The van der Waals surface area contributed by atoms with Crippen LogP contribution in [0.4, 0.5) is 11.6 Å². The number of nitrogens with one attached hydrogen (secondary N) is 3. The summed E-state index contributed by atoms with van der Waals surface area (Å²) < 4.78 is 15.7. The highest BCUT2D eigenvalue weighted by molar-refractivity contribution is 6.31. The Bertz CT molecular complexity index is 1280. The van der Waals surface area contributed by atoms with Crippen molar-refractivity contribution in [3.8, 4) is 5.75 Å². The van der Waals surface area contributed by atoms with Gasteiger partial charge in [-0.15, -0.1) is 5.11 Å². The average Bonchev–Trinajstić information content (AvgIpc) is 3.35. The molecule has 3 N–H and O–H groups in total. The van der Waals surface area contributed by atoms with Gasteiger partial charge >= 0.3 is 5.91 Å². The van der Waals surface area contributed by atoms with E-state index in [2.05, 4.69) is 42.4 Å². The molecule has 2 saturated heterocycles. The van der Waals surface area contributed by atoms with Gasteiger partial charge in [0, 0.05) is 26.7 Å². The van der Waals surface area contributed by atoms with Crippen molar-refractivity contribution < 1.29 is 23.8 Å². The molecule has 0 aliphatic carbocycles. The van der Waals surface area contributed by atoms with Crippen LogP contribution in [0.3, 0.4) is 0 Å². The SMILES string of the molecule is C=Nc1nc(N=N)c(Cl)nc1C(=O)/N=C1\NCC2(CCN(C(=O)Cc3ccc(OCOCCOC)cc3)CC2)N1. The lowest BCUT2D eigenvalue weighted by Gasteiger charge is -2.38. The predicted molar refractivity (Wildman–Crippen MR) is 146 cm³/mol. The molecule has 1 aromatic carbocycles. The summed E-state index contributed by atoms with van der Waals surface area (Å²) in [5, 5.41) is 9.35. The number of nitrogens with zero attached hydrogens (tertiary/aromatic N) is 6. The molecule has 0 bridgehead atoms. The molecule has 40 heavy (non-hydrogen) atoms. The zero-order valence-corrected chi connectivity index (χ0v) is 22.7. The summed E-state index contributed by atoms with van der Waals surface area (Å²) in [6.45, 7) is 6.15. The van der Waals surface area contributed by atoms with Gasteiger partial charge in [-0.2, -0.15) is 4.99 Å². The van der Waals surface area contributed by atoms with E-state index < -0.39 is 5.91 Å². The second-order valence-corrected chi connectivity index (χ2v) is 9.53. The fraction of sp³-hybridized carbons (Fsp3) is 0.440. The molecule has 14 nitrogen and oxygen atoms in total. The van der Waals surface area contributed by atoms with E-state index in [0.717, 1.165) is 5.56 Å². The lowest BCUT2D eigenvalue weighted by Crippen LogP contribution is -2.54. The van der Waals surface area contributed by atoms with E-state index in [1.54, 1.807) is 7.11 Å². The minimum absolute atomic E-state index is 0.0456. The third-order valence-electron chi connectivity index (χ3n) is 6.56. The topological polar surface area (TPSA) is 176 Å². The van der Waals surface area contributed by atoms with Crippen molar-refractivity contribution in [2.24, 2.45) is 15.1 Å². The number of rotatable bonds is 11. The lowest BCUT2D eigenvalue weighted by atomic mass is 9.88. The van der Waals surface area contributed by atoms with Crippen molar-refractivity contribution in [1.29, 1.82) is 5.53 Å². The van der Waals surface area contributed by atoms with Gasteiger partial charge in [-0.25, -0.2) is 20.5 Å². The molecule has 2 amide bonds. The minimum Gasteiger partial charge on any atom is -0.468 e. The molecule has 0 atom stereocenters. The number of methoxy groups -OCH3 is 1. The quantitative estimate of drug-likeness (QED) is 0.158. The maximum absolute atomic E-state index is 12.9. The Morgan fingerprint density at radius 1 is 1.18 bits per heavy atom. The van der Waals surface area contributed by atoms with Crippen molar-refractivity contribution in [3.05, 3.63) is 40.7 Å². The van der Waals surface area contributed by atoms with Crippen LogP contribution in [0.15, 0.2) is 39.4 Å². The first-order valence-corrected chi connectivity index (χ1v) is 12.9. The number of benzene rings is 1. The predicted octanol–water partition coefficient (Wildman–Crippen LogP) is 2.42. The lowest BCUT2D eigenvalue weighted by molar-refractivity contribution is -0.132. The van der Waals surface area contributed by atoms with Crippen LogP contribution < -0.4 is 15.4 Å². The van der Waals surface area contributed by atoms with E-state index >= 15 is 0 Å². The number of aromatic nitrogens is 2. The van der Waals surface area contributed by atoms with Crippen LogP contribution in [0.2, 0.25) is 5.15 Å². The molecule has 212 valence electrons. The Hall–Kier alpha value is -4.01. The van der Waals surface area contributed by atoms with Crippen molar-refractivity contribution >= 4 is 47.7 Å². The normalized spacial score (nSPS) is 16.9. The first kappa shape index (κ1) is 29.0. The number of ether oxygens (including phenoxy) is 3. The van der Waals surface area contributed by atoms with E-state index in [1.165, 1.54) is 0 Å². The van der Waals surface area contributed by atoms with Gasteiger partial charge in [0.1, 0.15) is 5.75 Å². The molecule has 1 aromatic heterocycles. The van der Waals surface area contributed by atoms with Gasteiger partial charge in [0.25, 0.3) is 0 Å². The molecule has 0 unspecified atom stereocenters. The van der Waals surface area contributed by atoms with Gasteiger partial charge < -0.3 is 29.7 Å². The number of amides is 2. The minimum atomic E-state index is -0.719. The van der Waals surface area contributed by atoms with Crippen LogP contribution in [0, 0.1) is 5.53 Å². The summed E-state index contributed by atoms with van der Waals surface area (Å²) >= 11 is 5.94. The van der Waals surface area contributed by atoms with Gasteiger partial charge in [0.05, 0.1) is 25.2 Å². The molecule has 4 rings (SSSR count). The Kier molecular flexibility index (Phi) is 9.69. The third kappa shape index (κ3) is 7.14. The van der Waals surface area contributed by atoms with Crippen LogP contribution in [0.25, 0.3) is 0 Å². The number of hydrogen-bond donors (Lipinski definition) is 3. The number of likely N-dealkylation sites (tertiary alicyclic amines) is 1. The summed E-state index contributed by atoms with van der Waals surface area (Å²) in [5.74, 6) is -0.00276. The van der Waals surface area contributed by atoms with E-state index in [1.807, 2.05) is 29.2 Å². The van der Waals surface area contributed by atoms with Crippen LogP contribution in [-0.4, -0.2) is 91.6 Å². The fourth-order valence-corrected chi connectivity index (χ4v) is 4.49. The monoisotopic (exact) mass is 571 g/mol. The summed E-state index contributed by atoms with van der Waals surface area (Å²) in [7, 11) is 1.61. The van der Waals surface area contributed by atoms with Gasteiger partial charge in [-0.3, -0.25) is 9.59 Å².